The summed E-state index contributed by atoms with van der Waals surface area (Å²) in [6, 6.07) is 14.3. The Morgan fingerprint density at radius 1 is 1.15 bits per heavy atom. The highest BCUT2D eigenvalue weighted by atomic mass is 16.2. The van der Waals surface area contributed by atoms with Gasteiger partial charge < -0.3 is 10.6 Å². The number of benzene rings is 1. The molecule has 2 aromatic rings. The van der Waals surface area contributed by atoms with Crippen molar-refractivity contribution in [3.05, 3.63) is 66.0 Å². The van der Waals surface area contributed by atoms with Crippen LogP contribution in [-0.4, -0.2) is 22.8 Å². The van der Waals surface area contributed by atoms with E-state index in [1.165, 1.54) is 0 Å². The fourth-order valence-corrected chi connectivity index (χ4v) is 2.03. The molecule has 4 nitrogen and oxygen atoms in total. The lowest BCUT2D eigenvalue weighted by Gasteiger charge is -2.27. The zero-order valence-electron chi connectivity index (χ0n) is 11.7. The fraction of sp³-hybridized carbons (Fsp3) is 0.250. The second-order valence-corrected chi connectivity index (χ2v) is 4.77. The maximum Gasteiger partial charge on any atom is 0.244 e. The van der Waals surface area contributed by atoms with E-state index in [1.54, 1.807) is 18.1 Å². The van der Waals surface area contributed by atoms with Crippen LogP contribution in [0.5, 0.6) is 0 Å². The third kappa shape index (κ3) is 3.03. The van der Waals surface area contributed by atoms with Crippen molar-refractivity contribution in [2.24, 2.45) is 5.73 Å². The molecule has 20 heavy (non-hydrogen) atoms. The van der Waals surface area contributed by atoms with E-state index < -0.39 is 6.04 Å². The summed E-state index contributed by atoms with van der Waals surface area (Å²) < 4.78 is 0. The number of hydrogen-bond acceptors (Lipinski definition) is 3. The van der Waals surface area contributed by atoms with Crippen LogP contribution < -0.4 is 5.73 Å². The normalized spacial score (nSPS) is 13.6. The predicted molar refractivity (Wildman–Crippen MR) is 78.8 cm³/mol. The predicted octanol–water partition coefficient (Wildman–Crippen LogP) is 2.30. The minimum Gasteiger partial charge on any atom is -0.336 e. The molecule has 2 rings (SSSR count). The molecule has 0 aliphatic rings. The summed E-state index contributed by atoms with van der Waals surface area (Å²) in [4.78, 5) is 18.3. The molecule has 0 radical (unpaired) electrons. The first kappa shape index (κ1) is 14.2. The lowest BCUT2D eigenvalue weighted by molar-refractivity contribution is -0.133. The summed E-state index contributed by atoms with van der Waals surface area (Å²) in [5.74, 6) is -0.116. The number of aromatic nitrogens is 1. The average molecular weight is 269 g/mol. The summed E-state index contributed by atoms with van der Waals surface area (Å²) in [5.41, 5.74) is 7.71. The second kappa shape index (κ2) is 6.30. The van der Waals surface area contributed by atoms with E-state index in [0.717, 1.165) is 11.3 Å². The zero-order valence-corrected chi connectivity index (χ0v) is 11.7. The minimum atomic E-state index is -0.646. The Labute approximate surface area is 119 Å². The van der Waals surface area contributed by atoms with E-state index >= 15 is 0 Å². The largest absolute Gasteiger partial charge is 0.336 e. The van der Waals surface area contributed by atoms with Crippen LogP contribution in [0.3, 0.4) is 0 Å². The van der Waals surface area contributed by atoms with Crippen LogP contribution >= 0.6 is 0 Å². The minimum absolute atomic E-state index is 0.113. The number of nitrogens with two attached hydrogens (primary N) is 1. The van der Waals surface area contributed by atoms with Gasteiger partial charge in [-0.15, -0.1) is 0 Å². The molecule has 1 amide bonds. The molecule has 0 saturated carbocycles. The van der Waals surface area contributed by atoms with Gasteiger partial charge in [-0.25, -0.2) is 0 Å². The van der Waals surface area contributed by atoms with Crippen LogP contribution in [0.15, 0.2) is 54.7 Å². The Morgan fingerprint density at radius 2 is 1.80 bits per heavy atom. The standard InChI is InChI=1S/C16H19N3O/c1-12(14-10-6-7-11-18-14)19(2)16(20)15(17)13-8-4-3-5-9-13/h3-12,15H,17H2,1-2H3/t12-,15+/m0/s1. The number of hydrogen-bond donors (Lipinski definition) is 1. The quantitative estimate of drug-likeness (QED) is 0.926. The molecule has 0 unspecified atom stereocenters. The van der Waals surface area contributed by atoms with Crippen LogP contribution in [0.4, 0.5) is 0 Å². The van der Waals surface area contributed by atoms with Crippen molar-refractivity contribution in [1.29, 1.82) is 0 Å². The highest BCUT2D eigenvalue weighted by molar-refractivity contribution is 5.83. The van der Waals surface area contributed by atoms with E-state index in [-0.39, 0.29) is 11.9 Å². The smallest absolute Gasteiger partial charge is 0.244 e. The summed E-state index contributed by atoms with van der Waals surface area (Å²) in [6.07, 6.45) is 1.72. The van der Waals surface area contributed by atoms with Crippen LogP contribution in [0.25, 0.3) is 0 Å². The molecular weight excluding hydrogens is 250 g/mol. The van der Waals surface area contributed by atoms with Gasteiger partial charge in [0.15, 0.2) is 0 Å². The highest BCUT2D eigenvalue weighted by Gasteiger charge is 2.24. The van der Waals surface area contributed by atoms with Crippen molar-refractivity contribution >= 4 is 5.91 Å². The molecule has 0 bridgehead atoms. The van der Waals surface area contributed by atoms with Crippen LogP contribution in [0, 0.1) is 0 Å². The molecule has 1 aromatic carbocycles. The number of nitrogens with zero attached hydrogens (tertiary/aromatic N) is 2. The SMILES string of the molecule is C[C@@H](c1ccccn1)N(C)C(=O)[C@H](N)c1ccccc1. The Morgan fingerprint density at radius 3 is 2.40 bits per heavy atom. The van der Waals surface area contributed by atoms with Crippen molar-refractivity contribution in [2.75, 3.05) is 7.05 Å². The van der Waals surface area contributed by atoms with Gasteiger partial charge in [0, 0.05) is 13.2 Å². The molecule has 0 aliphatic carbocycles. The number of pyridine rings is 1. The second-order valence-electron chi connectivity index (χ2n) is 4.77. The van der Waals surface area contributed by atoms with E-state index in [1.807, 2.05) is 55.5 Å². The van der Waals surface area contributed by atoms with Crippen LogP contribution in [0.1, 0.15) is 30.3 Å². The molecule has 2 atom stereocenters. The first-order chi connectivity index (χ1) is 9.61. The maximum absolute atomic E-state index is 12.4. The van der Waals surface area contributed by atoms with Gasteiger partial charge >= 0.3 is 0 Å². The lowest BCUT2D eigenvalue weighted by atomic mass is 10.1. The summed E-state index contributed by atoms with van der Waals surface area (Å²) in [7, 11) is 1.75. The highest BCUT2D eigenvalue weighted by Crippen LogP contribution is 2.20. The van der Waals surface area contributed by atoms with Gasteiger partial charge in [-0.2, -0.15) is 0 Å². The van der Waals surface area contributed by atoms with Gasteiger partial charge in [0.1, 0.15) is 6.04 Å². The summed E-state index contributed by atoms with van der Waals surface area (Å²) in [6.45, 7) is 1.94. The van der Waals surface area contributed by atoms with Crippen molar-refractivity contribution in [1.82, 2.24) is 9.88 Å². The third-order valence-corrected chi connectivity index (χ3v) is 3.47. The van der Waals surface area contributed by atoms with Crippen molar-refractivity contribution in [3.8, 4) is 0 Å². The van der Waals surface area contributed by atoms with Crippen LogP contribution in [0.2, 0.25) is 0 Å². The molecular formula is C16H19N3O. The first-order valence-corrected chi connectivity index (χ1v) is 6.59. The summed E-state index contributed by atoms with van der Waals surface area (Å²) in [5, 5.41) is 0. The Hall–Kier alpha value is -2.20. The van der Waals surface area contributed by atoms with Crippen molar-refractivity contribution in [3.63, 3.8) is 0 Å². The molecule has 4 heteroatoms. The number of likely N-dealkylation sites (N-methyl/N-ethyl adjacent to an activating group) is 1. The molecule has 1 aromatic heterocycles. The van der Waals surface area contributed by atoms with Crippen LogP contribution in [-0.2, 0) is 4.79 Å². The number of carbonyl (C=O) groups excluding carboxylic acids is 1. The zero-order chi connectivity index (χ0) is 14.5. The Kier molecular flexibility index (Phi) is 4.48. The number of rotatable bonds is 4. The fourth-order valence-electron chi connectivity index (χ4n) is 2.03. The van der Waals surface area contributed by atoms with E-state index in [4.69, 9.17) is 5.73 Å². The molecule has 0 saturated heterocycles. The third-order valence-electron chi connectivity index (χ3n) is 3.47. The van der Waals surface area contributed by atoms with Gasteiger partial charge in [0.05, 0.1) is 11.7 Å². The van der Waals surface area contributed by atoms with E-state index in [0.29, 0.717) is 0 Å². The summed E-state index contributed by atoms with van der Waals surface area (Å²) >= 11 is 0. The molecule has 1 heterocycles. The average Bonchev–Trinajstić information content (AvgIpc) is 2.53. The van der Waals surface area contributed by atoms with Crippen molar-refractivity contribution in [2.45, 2.75) is 19.0 Å². The molecule has 0 fully saturated rings. The van der Waals surface area contributed by atoms with Gasteiger partial charge in [-0.3, -0.25) is 9.78 Å². The van der Waals surface area contributed by atoms with Gasteiger partial charge in [-0.05, 0) is 24.6 Å². The molecule has 104 valence electrons. The molecule has 0 spiro atoms. The lowest BCUT2D eigenvalue weighted by Crippen LogP contribution is -2.37. The number of amides is 1. The molecule has 0 aliphatic heterocycles. The van der Waals surface area contributed by atoms with E-state index in [9.17, 15) is 4.79 Å². The topological polar surface area (TPSA) is 59.2 Å². The first-order valence-electron chi connectivity index (χ1n) is 6.59. The number of carbonyl (C=O) groups is 1. The van der Waals surface area contributed by atoms with Gasteiger partial charge in [0.2, 0.25) is 5.91 Å². The monoisotopic (exact) mass is 269 g/mol. The van der Waals surface area contributed by atoms with Gasteiger partial charge in [0.25, 0.3) is 0 Å². The van der Waals surface area contributed by atoms with Gasteiger partial charge in [-0.1, -0.05) is 36.4 Å². The van der Waals surface area contributed by atoms with Crippen molar-refractivity contribution < 1.29 is 4.79 Å². The van der Waals surface area contributed by atoms with E-state index in [2.05, 4.69) is 4.98 Å². The Bertz CT molecular complexity index is 556. The maximum atomic E-state index is 12.4. The Balaban J connectivity index is 2.13. The molecule has 2 N–H and O–H groups in total.